The van der Waals surface area contributed by atoms with E-state index in [0.717, 1.165) is 73.0 Å². The largest absolute Gasteiger partial charge is 0.310 e. The third-order valence-corrected chi connectivity index (χ3v) is 24.5. The first-order chi connectivity index (χ1) is 56.5. The van der Waals surface area contributed by atoms with Crippen molar-refractivity contribution in [2.24, 2.45) is 0 Å². The summed E-state index contributed by atoms with van der Waals surface area (Å²) in [4.78, 5) is 4.86. The van der Waals surface area contributed by atoms with E-state index in [2.05, 4.69) is 443 Å². The molecule has 19 aromatic carbocycles. The number of aromatic nitrogens is 3. The van der Waals surface area contributed by atoms with Gasteiger partial charge in [-0.2, -0.15) is 0 Å². The van der Waals surface area contributed by atoms with Crippen molar-refractivity contribution < 1.29 is 0 Å². The van der Waals surface area contributed by atoms with Crippen molar-refractivity contribution in [3.8, 4) is 50.4 Å². The molecule has 5 nitrogen and oxygen atoms in total. The normalized spacial score (nSPS) is 13.5. The van der Waals surface area contributed by atoms with Crippen LogP contribution in [0, 0.1) is 0 Å². The highest BCUT2D eigenvalue weighted by molar-refractivity contribution is 6.31. The van der Waals surface area contributed by atoms with Crippen LogP contribution >= 0.6 is 0 Å². The van der Waals surface area contributed by atoms with E-state index in [1.54, 1.807) is 0 Å². The van der Waals surface area contributed by atoms with Crippen LogP contribution in [0.2, 0.25) is 0 Å². The summed E-state index contributed by atoms with van der Waals surface area (Å²) in [6.07, 6.45) is 0. The Balaban J connectivity index is 0.662. The molecule has 0 N–H and O–H groups in total. The van der Waals surface area contributed by atoms with Crippen LogP contribution < -0.4 is 9.80 Å². The number of anilines is 6. The standard InChI is InChI=1S/C109H73N5/c1-70-91-34-18-19-35-94(91)100-68-78(44-56-96(100)105(70)75-24-6-2-7-25-75)73-38-48-85(49-39-73)111(88-53-43-72-23-15-17-27-77(72)65-88)90-55-60-93-81(67-90)46-58-99-106-104(113(108(93)99)83-30-10-4-11-31-83)63-61-98-97-57-45-80-66-89(54-59-92(80)107(97)114(109(98)106)84-32-12-5-13-33-84)110(87-52-42-71-22-14-16-26-76(71)64-87)86-50-40-74(41-51-86)79-47-62-103-101(69-79)95-36-20-21-37-102(95)112(103)82-28-8-3-9-29-82/h2-70,105H,1H3. The summed E-state index contributed by atoms with van der Waals surface area (Å²) in [6.45, 7) is 2.39. The Hall–Kier alpha value is -14.8. The Bertz CT molecular complexity index is 7600. The number of nitrogens with zero attached hydrogens (tertiary/aromatic N) is 5. The Morgan fingerprint density at radius 3 is 1.25 bits per heavy atom. The van der Waals surface area contributed by atoms with Crippen molar-refractivity contribution in [3.63, 3.8) is 0 Å². The van der Waals surface area contributed by atoms with Gasteiger partial charge in [-0.15, -0.1) is 0 Å². The molecule has 0 aliphatic heterocycles. The lowest BCUT2D eigenvalue weighted by atomic mass is 9.69. The van der Waals surface area contributed by atoms with Crippen molar-refractivity contribution in [1.29, 1.82) is 0 Å². The smallest absolute Gasteiger partial charge is 0.0641 e. The van der Waals surface area contributed by atoms with Gasteiger partial charge >= 0.3 is 0 Å². The van der Waals surface area contributed by atoms with Crippen LogP contribution in [0.4, 0.5) is 34.1 Å². The molecule has 0 radical (unpaired) electrons. The second-order valence-electron chi connectivity index (χ2n) is 30.7. The van der Waals surface area contributed by atoms with Gasteiger partial charge in [-0.3, -0.25) is 0 Å². The summed E-state index contributed by atoms with van der Waals surface area (Å²) < 4.78 is 7.46. The highest BCUT2D eigenvalue weighted by Crippen LogP contribution is 2.53. The second kappa shape index (κ2) is 26.2. The Labute approximate surface area is 660 Å². The van der Waals surface area contributed by atoms with Gasteiger partial charge < -0.3 is 23.5 Å². The first-order valence-electron chi connectivity index (χ1n) is 39.6. The Kier molecular flexibility index (Phi) is 15.0. The van der Waals surface area contributed by atoms with Crippen molar-refractivity contribution in [1.82, 2.24) is 13.7 Å². The molecule has 0 amide bonds. The van der Waals surface area contributed by atoms with E-state index >= 15 is 0 Å². The van der Waals surface area contributed by atoms with Crippen LogP contribution in [0.15, 0.2) is 413 Å². The highest BCUT2D eigenvalue weighted by Gasteiger charge is 2.33. The maximum Gasteiger partial charge on any atom is 0.0641 e. The van der Waals surface area contributed by atoms with Gasteiger partial charge in [0.25, 0.3) is 0 Å². The van der Waals surface area contributed by atoms with Crippen molar-refractivity contribution in [2.45, 2.75) is 18.8 Å². The topological polar surface area (TPSA) is 21.3 Å². The molecule has 534 valence electrons. The first kappa shape index (κ1) is 65.1. The molecular weight excluding hydrogens is 1380 g/mol. The average molecular weight is 1450 g/mol. The maximum atomic E-state index is 2.56. The number of hydrogen-bond donors (Lipinski definition) is 0. The van der Waals surface area contributed by atoms with Gasteiger partial charge in [0, 0.05) is 100 Å². The van der Waals surface area contributed by atoms with E-state index in [1.807, 2.05) is 0 Å². The van der Waals surface area contributed by atoms with Gasteiger partial charge in [-0.25, -0.2) is 0 Å². The molecule has 1 aliphatic carbocycles. The van der Waals surface area contributed by atoms with Gasteiger partial charge in [-0.1, -0.05) is 280 Å². The number of benzene rings is 19. The zero-order chi connectivity index (χ0) is 75.1. The molecule has 0 fully saturated rings. The van der Waals surface area contributed by atoms with Gasteiger partial charge in [0.15, 0.2) is 0 Å². The van der Waals surface area contributed by atoms with E-state index in [9.17, 15) is 0 Å². The fourth-order valence-corrected chi connectivity index (χ4v) is 19.3. The lowest BCUT2D eigenvalue weighted by molar-refractivity contribution is 0.649. The van der Waals surface area contributed by atoms with Gasteiger partial charge in [0.2, 0.25) is 0 Å². The summed E-state index contributed by atoms with van der Waals surface area (Å²) in [5.41, 5.74) is 28.4. The summed E-state index contributed by atoms with van der Waals surface area (Å²) in [5.74, 6) is 0.609. The summed E-state index contributed by atoms with van der Waals surface area (Å²) >= 11 is 0. The maximum absolute atomic E-state index is 2.56. The molecule has 3 heterocycles. The molecule has 2 atom stereocenters. The molecule has 0 spiro atoms. The molecule has 1 aliphatic rings. The fourth-order valence-electron chi connectivity index (χ4n) is 19.3. The quantitative estimate of drug-likeness (QED) is 0.122. The van der Waals surface area contributed by atoms with Crippen LogP contribution in [0.3, 0.4) is 0 Å². The summed E-state index contributed by atoms with van der Waals surface area (Å²) in [7, 11) is 0. The van der Waals surface area contributed by atoms with Crippen LogP contribution in [0.25, 0.3) is 159 Å². The summed E-state index contributed by atoms with van der Waals surface area (Å²) in [5, 5.41) is 16.7. The average Bonchev–Trinajstić information content (AvgIpc) is 1.53. The van der Waals surface area contributed by atoms with E-state index in [1.165, 1.54) is 137 Å². The van der Waals surface area contributed by atoms with Crippen LogP contribution in [-0.2, 0) is 0 Å². The van der Waals surface area contributed by atoms with E-state index in [0.29, 0.717) is 5.92 Å². The second-order valence-corrected chi connectivity index (χ2v) is 30.7. The van der Waals surface area contributed by atoms with Gasteiger partial charge in [0.05, 0.1) is 33.1 Å². The molecule has 2 unspecified atom stereocenters. The molecule has 0 bridgehead atoms. The lowest BCUT2D eigenvalue weighted by Crippen LogP contribution is -2.17. The Morgan fingerprint density at radius 2 is 0.632 bits per heavy atom. The molecule has 0 saturated heterocycles. The molecule has 3 aromatic heterocycles. The third-order valence-electron chi connectivity index (χ3n) is 24.5. The van der Waals surface area contributed by atoms with Crippen LogP contribution in [0.1, 0.15) is 35.4 Å². The minimum atomic E-state index is 0.264. The molecule has 23 rings (SSSR count). The minimum Gasteiger partial charge on any atom is -0.310 e. The monoisotopic (exact) mass is 1450 g/mol. The van der Waals surface area contributed by atoms with Crippen molar-refractivity contribution in [2.75, 3.05) is 9.80 Å². The number of rotatable bonds is 12. The lowest BCUT2D eigenvalue weighted by Gasteiger charge is -2.34. The number of para-hydroxylation sites is 4. The molecule has 22 aromatic rings. The molecule has 114 heavy (non-hydrogen) atoms. The summed E-state index contributed by atoms with van der Waals surface area (Å²) in [6, 6.07) is 154. The number of fused-ring (bicyclic) bond motifs is 19. The molecule has 0 saturated carbocycles. The van der Waals surface area contributed by atoms with Crippen molar-refractivity contribution >= 4 is 143 Å². The number of hydrogen-bond acceptors (Lipinski definition) is 2. The highest BCUT2D eigenvalue weighted by atomic mass is 15.1. The van der Waals surface area contributed by atoms with E-state index in [4.69, 9.17) is 0 Å². The predicted molar refractivity (Wildman–Crippen MR) is 482 cm³/mol. The van der Waals surface area contributed by atoms with Gasteiger partial charge in [0.1, 0.15) is 0 Å². The molecule has 5 heteroatoms. The third kappa shape index (κ3) is 10.4. The SMILES string of the molecule is CC1c2ccccc2-c2cc(-c3ccc(N(c4ccc5ccccc5c4)c4ccc5c(ccc6c7c(ccc8c9ccc%10cc(N(c%11ccc(-c%12ccc%13c(c%12)c%12ccccc%12n%13-c%12ccccc%12)cc%11)c%11ccc%12ccccc%12c%11)ccc%10c9n(-c9ccccc9)c87)n(-c7ccccc7)c56)c4)cc3)ccc2C1c1ccccc1. The van der Waals surface area contributed by atoms with Crippen molar-refractivity contribution in [3.05, 3.63) is 429 Å². The van der Waals surface area contributed by atoms with E-state index in [-0.39, 0.29) is 5.92 Å². The minimum absolute atomic E-state index is 0.264. The predicted octanol–water partition coefficient (Wildman–Crippen LogP) is 29.8. The molecular formula is C109H73N5. The Morgan fingerprint density at radius 1 is 0.219 bits per heavy atom. The van der Waals surface area contributed by atoms with E-state index < -0.39 is 0 Å². The van der Waals surface area contributed by atoms with Crippen LogP contribution in [0.5, 0.6) is 0 Å². The zero-order valence-corrected chi connectivity index (χ0v) is 62.7. The zero-order valence-electron chi connectivity index (χ0n) is 62.7. The fraction of sp³-hybridized carbons (Fsp3) is 0.0275. The first-order valence-corrected chi connectivity index (χ1v) is 39.6. The van der Waals surface area contributed by atoms with Crippen LogP contribution in [-0.4, -0.2) is 13.7 Å². The van der Waals surface area contributed by atoms with Gasteiger partial charge in [-0.05, 0) is 228 Å².